The summed E-state index contributed by atoms with van der Waals surface area (Å²) < 4.78 is 0. The van der Waals surface area contributed by atoms with Gasteiger partial charge in [0.1, 0.15) is 5.82 Å². The first-order valence-corrected chi connectivity index (χ1v) is 6.88. The lowest BCUT2D eigenvalue weighted by Crippen LogP contribution is -1.99. The summed E-state index contributed by atoms with van der Waals surface area (Å²) in [5.41, 5.74) is 10.7. The number of rotatable bonds is 3. The summed E-state index contributed by atoms with van der Waals surface area (Å²) in [6.07, 6.45) is 0. The second-order valence-corrected chi connectivity index (χ2v) is 4.91. The van der Waals surface area contributed by atoms with Crippen LogP contribution in [0, 0.1) is 6.92 Å². The maximum absolute atomic E-state index is 5.81. The van der Waals surface area contributed by atoms with Gasteiger partial charge in [-0.1, -0.05) is 48.5 Å². The van der Waals surface area contributed by atoms with Gasteiger partial charge in [-0.15, -0.1) is 0 Å². The molecule has 0 fully saturated rings. The fraction of sp³-hybridized carbons (Fsp3) is 0.0556. The molecule has 3 nitrogen and oxygen atoms in total. The number of anilines is 3. The molecule has 0 aliphatic rings. The molecule has 2 aromatic carbocycles. The molecule has 0 atom stereocenters. The number of hydrogen-bond donors (Lipinski definition) is 2. The highest BCUT2D eigenvalue weighted by Crippen LogP contribution is 2.29. The van der Waals surface area contributed by atoms with E-state index in [0.717, 1.165) is 22.8 Å². The standard InChI is InChI=1S/C18H17N3/c1-13-16(19)11-12-18(20-13)21-17-10-6-5-9-15(17)14-7-3-2-4-8-14/h2-12H,19H2,1H3,(H,20,21). The van der Waals surface area contributed by atoms with Gasteiger partial charge in [-0.25, -0.2) is 4.98 Å². The van der Waals surface area contributed by atoms with Crippen molar-refractivity contribution in [3.63, 3.8) is 0 Å². The van der Waals surface area contributed by atoms with E-state index >= 15 is 0 Å². The first-order chi connectivity index (χ1) is 10.2. The van der Waals surface area contributed by atoms with Crippen LogP contribution in [-0.4, -0.2) is 4.98 Å². The molecule has 3 heteroatoms. The summed E-state index contributed by atoms with van der Waals surface area (Å²) in [5, 5.41) is 3.37. The normalized spacial score (nSPS) is 10.3. The Morgan fingerprint density at radius 1 is 0.857 bits per heavy atom. The van der Waals surface area contributed by atoms with Crippen molar-refractivity contribution in [2.75, 3.05) is 11.1 Å². The number of aryl methyl sites for hydroxylation is 1. The largest absolute Gasteiger partial charge is 0.397 e. The molecule has 3 aromatic rings. The summed E-state index contributed by atoms with van der Waals surface area (Å²) in [7, 11) is 0. The number of para-hydroxylation sites is 1. The van der Waals surface area contributed by atoms with Gasteiger partial charge in [0.25, 0.3) is 0 Å². The van der Waals surface area contributed by atoms with E-state index in [1.165, 1.54) is 5.56 Å². The first-order valence-electron chi connectivity index (χ1n) is 6.88. The maximum atomic E-state index is 5.81. The van der Waals surface area contributed by atoms with Gasteiger partial charge in [-0.2, -0.15) is 0 Å². The van der Waals surface area contributed by atoms with Crippen LogP contribution in [0.2, 0.25) is 0 Å². The van der Waals surface area contributed by atoms with Crippen molar-refractivity contribution in [2.45, 2.75) is 6.92 Å². The van der Waals surface area contributed by atoms with E-state index in [-0.39, 0.29) is 0 Å². The van der Waals surface area contributed by atoms with Gasteiger partial charge < -0.3 is 11.1 Å². The molecule has 0 saturated heterocycles. The predicted octanol–water partition coefficient (Wildman–Crippen LogP) is 4.38. The molecule has 3 N–H and O–H groups in total. The molecule has 0 aliphatic carbocycles. The highest BCUT2D eigenvalue weighted by atomic mass is 15.0. The number of nitrogens with one attached hydrogen (secondary N) is 1. The van der Waals surface area contributed by atoms with Crippen molar-refractivity contribution < 1.29 is 0 Å². The Balaban J connectivity index is 1.98. The van der Waals surface area contributed by atoms with Crippen LogP contribution in [0.3, 0.4) is 0 Å². The molecule has 21 heavy (non-hydrogen) atoms. The van der Waals surface area contributed by atoms with Crippen molar-refractivity contribution in [1.29, 1.82) is 0 Å². The van der Waals surface area contributed by atoms with Crippen LogP contribution in [0.25, 0.3) is 11.1 Å². The first kappa shape index (κ1) is 13.2. The van der Waals surface area contributed by atoms with Gasteiger partial charge in [0.2, 0.25) is 0 Å². The molecule has 0 spiro atoms. The SMILES string of the molecule is Cc1nc(Nc2ccccc2-c2ccccc2)ccc1N. The van der Waals surface area contributed by atoms with Crippen LogP contribution in [0.15, 0.2) is 66.7 Å². The van der Waals surface area contributed by atoms with E-state index in [4.69, 9.17) is 5.73 Å². The number of nitrogens with zero attached hydrogens (tertiary/aromatic N) is 1. The summed E-state index contributed by atoms with van der Waals surface area (Å²) in [4.78, 5) is 4.47. The average molecular weight is 275 g/mol. The Kier molecular flexibility index (Phi) is 3.56. The number of hydrogen-bond acceptors (Lipinski definition) is 3. The van der Waals surface area contributed by atoms with Crippen LogP contribution in [0.5, 0.6) is 0 Å². The second-order valence-electron chi connectivity index (χ2n) is 4.91. The Bertz CT molecular complexity index is 751. The summed E-state index contributed by atoms with van der Waals surface area (Å²) in [6, 6.07) is 22.3. The van der Waals surface area contributed by atoms with Crippen LogP contribution in [0.4, 0.5) is 17.2 Å². The number of benzene rings is 2. The second kappa shape index (κ2) is 5.67. The molecule has 104 valence electrons. The third-order valence-electron chi connectivity index (χ3n) is 3.40. The molecule has 0 unspecified atom stereocenters. The lowest BCUT2D eigenvalue weighted by molar-refractivity contribution is 1.20. The number of pyridine rings is 1. The molecule has 1 heterocycles. The van der Waals surface area contributed by atoms with Crippen molar-refractivity contribution in [3.05, 3.63) is 72.4 Å². The fourth-order valence-electron chi connectivity index (χ4n) is 2.24. The molecule has 0 amide bonds. The zero-order valence-electron chi connectivity index (χ0n) is 11.9. The lowest BCUT2D eigenvalue weighted by atomic mass is 10.0. The minimum atomic E-state index is 0.705. The molecular weight excluding hydrogens is 258 g/mol. The Labute approximate surface area is 124 Å². The quantitative estimate of drug-likeness (QED) is 0.745. The zero-order chi connectivity index (χ0) is 14.7. The maximum Gasteiger partial charge on any atom is 0.130 e. The molecule has 0 bridgehead atoms. The van der Waals surface area contributed by atoms with Crippen LogP contribution in [-0.2, 0) is 0 Å². The molecule has 0 radical (unpaired) electrons. The van der Waals surface area contributed by atoms with E-state index in [1.54, 1.807) is 0 Å². The molecule has 0 aliphatic heterocycles. The third kappa shape index (κ3) is 2.87. The minimum Gasteiger partial charge on any atom is -0.397 e. The summed E-state index contributed by atoms with van der Waals surface area (Å²) in [5.74, 6) is 0.796. The van der Waals surface area contributed by atoms with Crippen LogP contribution >= 0.6 is 0 Å². The smallest absolute Gasteiger partial charge is 0.130 e. The monoisotopic (exact) mass is 275 g/mol. The van der Waals surface area contributed by atoms with E-state index in [2.05, 4.69) is 34.6 Å². The highest BCUT2D eigenvalue weighted by molar-refractivity contribution is 5.80. The Morgan fingerprint density at radius 3 is 2.33 bits per heavy atom. The van der Waals surface area contributed by atoms with Crippen LogP contribution < -0.4 is 11.1 Å². The van der Waals surface area contributed by atoms with E-state index < -0.39 is 0 Å². The van der Waals surface area contributed by atoms with Crippen molar-refractivity contribution in [1.82, 2.24) is 4.98 Å². The summed E-state index contributed by atoms with van der Waals surface area (Å²) >= 11 is 0. The van der Waals surface area contributed by atoms with Crippen LogP contribution in [0.1, 0.15) is 5.69 Å². The van der Waals surface area contributed by atoms with E-state index in [9.17, 15) is 0 Å². The molecule has 0 saturated carbocycles. The number of nitrogens with two attached hydrogens (primary N) is 1. The minimum absolute atomic E-state index is 0.705. The van der Waals surface area contributed by atoms with Crippen molar-refractivity contribution in [3.8, 4) is 11.1 Å². The Morgan fingerprint density at radius 2 is 1.57 bits per heavy atom. The topological polar surface area (TPSA) is 50.9 Å². The van der Waals surface area contributed by atoms with Gasteiger partial charge in [-0.05, 0) is 30.7 Å². The average Bonchev–Trinajstić information content (AvgIpc) is 2.52. The van der Waals surface area contributed by atoms with Gasteiger partial charge in [0.05, 0.1) is 11.4 Å². The van der Waals surface area contributed by atoms with Gasteiger partial charge in [0, 0.05) is 11.3 Å². The van der Waals surface area contributed by atoms with Gasteiger partial charge in [0.15, 0.2) is 0 Å². The van der Waals surface area contributed by atoms with E-state index in [0.29, 0.717) is 5.69 Å². The van der Waals surface area contributed by atoms with Crippen molar-refractivity contribution in [2.24, 2.45) is 0 Å². The number of aromatic nitrogens is 1. The van der Waals surface area contributed by atoms with E-state index in [1.807, 2.05) is 49.4 Å². The Hall–Kier alpha value is -2.81. The van der Waals surface area contributed by atoms with Crippen molar-refractivity contribution >= 4 is 17.2 Å². The fourth-order valence-corrected chi connectivity index (χ4v) is 2.24. The predicted molar refractivity (Wildman–Crippen MR) is 88.5 cm³/mol. The molecule has 1 aromatic heterocycles. The third-order valence-corrected chi connectivity index (χ3v) is 3.40. The molecule has 3 rings (SSSR count). The van der Waals surface area contributed by atoms with Gasteiger partial charge >= 0.3 is 0 Å². The van der Waals surface area contributed by atoms with Gasteiger partial charge in [-0.3, -0.25) is 0 Å². The highest BCUT2D eigenvalue weighted by Gasteiger charge is 2.05. The number of nitrogen functional groups attached to an aromatic ring is 1. The lowest BCUT2D eigenvalue weighted by Gasteiger charge is -2.12. The zero-order valence-corrected chi connectivity index (χ0v) is 11.9. The summed E-state index contributed by atoms with van der Waals surface area (Å²) in [6.45, 7) is 1.91. The molecular formula is C18H17N3.